The van der Waals surface area contributed by atoms with Crippen molar-refractivity contribution in [2.75, 3.05) is 0 Å². The van der Waals surface area contributed by atoms with Crippen LogP contribution < -0.4 is 0 Å². The Bertz CT molecular complexity index is 538. The van der Waals surface area contributed by atoms with E-state index in [4.69, 9.17) is 0 Å². The summed E-state index contributed by atoms with van der Waals surface area (Å²) in [6, 6.07) is 10.2. The van der Waals surface area contributed by atoms with Gasteiger partial charge < -0.3 is 5.11 Å². The van der Waals surface area contributed by atoms with Crippen molar-refractivity contribution < 1.29 is 5.11 Å². The van der Waals surface area contributed by atoms with Crippen molar-refractivity contribution in [3.05, 3.63) is 47.8 Å². The van der Waals surface area contributed by atoms with E-state index in [1.54, 1.807) is 6.20 Å². The number of aliphatic hydroxyl groups excluding tert-OH is 1. The van der Waals surface area contributed by atoms with Gasteiger partial charge >= 0.3 is 0 Å². The maximum Gasteiger partial charge on any atom is 0.104 e. The van der Waals surface area contributed by atoms with Gasteiger partial charge in [-0.05, 0) is 17.9 Å². The zero-order valence-electron chi connectivity index (χ0n) is 13.1. The van der Waals surface area contributed by atoms with Crippen LogP contribution in [0.5, 0.6) is 0 Å². The second-order valence-electron chi connectivity index (χ2n) is 5.65. The quantitative estimate of drug-likeness (QED) is 0.847. The van der Waals surface area contributed by atoms with Crippen LogP contribution >= 0.6 is 0 Å². The van der Waals surface area contributed by atoms with Crippen molar-refractivity contribution in [3.8, 4) is 0 Å². The predicted octanol–water partition coefficient (Wildman–Crippen LogP) is 3.55. The molecule has 1 aromatic carbocycles. The lowest BCUT2D eigenvalue weighted by atomic mass is 9.80. The van der Waals surface area contributed by atoms with Crippen LogP contribution in [0.1, 0.15) is 56.9 Å². The summed E-state index contributed by atoms with van der Waals surface area (Å²) in [6.45, 7) is 7.24. The summed E-state index contributed by atoms with van der Waals surface area (Å²) in [5.74, 6) is 0.442. The Morgan fingerprint density at radius 3 is 2.52 bits per heavy atom. The molecule has 1 aromatic heterocycles. The smallest absolute Gasteiger partial charge is 0.104 e. The molecule has 0 radical (unpaired) electrons. The topological polar surface area (TPSA) is 50.9 Å². The second-order valence-corrected chi connectivity index (χ2v) is 5.65. The van der Waals surface area contributed by atoms with Gasteiger partial charge in [0.05, 0.1) is 11.9 Å². The molecule has 114 valence electrons. The Balaban J connectivity index is 2.34. The van der Waals surface area contributed by atoms with Gasteiger partial charge in [-0.3, -0.25) is 0 Å². The molecule has 21 heavy (non-hydrogen) atoms. The number of aryl methyl sites for hydroxylation is 1. The molecule has 1 heterocycles. The van der Waals surface area contributed by atoms with Crippen LogP contribution in [0.4, 0.5) is 0 Å². The molecule has 0 aliphatic heterocycles. The highest BCUT2D eigenvalue weighted by Crippen LogP contribution is 2.38. The van der Waals surface area contributed by atoms with Crippen LogP contribution in [0.2, 0.25) is 0 Å². The minimum absolute atomic E-state index is 0.0605. The minimum Gasteiger partial charge on any atom is -0.386 e. The van der Waals surface area contributed by atoms with E-state index in [0.29, 0.717) is 5.92 Å². The van der Waals surface area contributed by atoms with Crippen molar-refractivity contribution in [1.29, 1.82) is 0 Å². The Kier molecular flexibility index (Phi) is 5.51. The molecule has 0 aliphatic rings. The standard InChI is InChI=1S/C17H25N3O/c1-4-11-20-15(12-18-19-20)17(21)16(13(3)5-2)14-9-7-6-8-10-14/h6-10,12-13,16-17,21H,4-5,11H2,1-3H3. The lowest BCUT2D eigenvalue weighted by Gasteiger charge is -2.28. The highest BCUT2D eigenvalue weighted by atomic mass is 16.3. The van der Waals surface area contributed by atoms with Crippen LogP contribution in [-0.4, -0.2) is 20.1 Å². The van der Waals surface area contributed by atoms with Crippen molar-refractivity contribution in [3.63, 3.8) is 0 Å². The Hall–Kier alpha value is -1.68. The number of hydrogen-bond donors (Lipinski definition) is 1. The molecule has 2 rings (SSSR count). The van der Waals surface area contributed by atoms with Gasteiger partial charge in [-0.15, -0.1) is 5.10 Å². The largest absolute Gasteiger partial charge is 0.386 e. The van der Waals surface area contributed by atoms with Crippen molar-refractivity contribution in [2.45, 2.75) is 52.2 Å². The lowest BCUT2D eigenvalue weighted by molar-refractivity contribution is 0.108. The average molecular weight is 287 g/mol. The van der Waals surface area contributed by atoms with Crippen LogP contribution in [0, 0.1) is 5.92 Å². The first kappa shape index (κ1) is 15.7. The Morgan fingerprint density at radius 1 is 1.19 bits per heavy atom. The summed E-state index contributed by atoms with van der Waals surface area (Å²) in [4.78, 5) is 0. The fourth-order valence-electron chi connectivity index (χ4n) is 2.82. The van der Waals surface area contributed by atoms with Crippen molar-refractivity contribution in [1.82, 2.24) is 15.0 Å². The van der Waals surface area contributed by atoms with Crippen LogP contribution in [0.25, 0.3) is 0 Å². The third kappa shape index (κ3) is 3.50. The maximum absolute atomic E-state index is 10.9. The van der Waals surface area contributed by atoms with Gasteiger partial charge in [-0.2, -0.15) is 0 Å². The van der Waals surface area contributed by atoms with E-state index in [2.05, 4.69) is 43.2 Å². The van der Waals surface area contributed by atoms with Gasteiger partial charge in [0.15, 0.2) is 0 Å². The highest BCUT2D eigenvalue weighted by molar-refractivity contribution is 5.24. The molecule has 0 saturated heterocycles. The molecule has 0 saturated carbocycles. The maximum atomic E-state index is 10.9. The Labute approximate surface area is 126 Å². The molecule has 2 aromatic rings. The molecular weight excluding hydrogens is 262 g/mol. The summed E-state index contributed by atoms with van der Waals surface area (Å²) in [5, 5.41) is 19.0. The van der Waals surface area contributed by atoms with Crippen LogP contribution in [-0.2, 0) is 6.54 Å². The number of aromatic nitrogens is 3. The first-order valence-corrected chi connectivity index (χ1v) is 7.80. The van der Waals surface area contributed by atoms with E-state index in [1.165, 1.54) is 5.56 Å². The van der Waals surface area contributed by atoms with Gasteiger partial charge in [0.25, 0.3) is 0 Å². The number of rotatable bonds is 7. The first-order chi connectivity index (χ1) is 10.2. The van der Waals surface area contributed by atoms with E-state index in [-0.39, 0.29) is 5.92 Å². The second kappa shape index (κ2) is 7.36. The summed E-state index contributed by atoms with van der Waals surface area (Å²) in [5.41, 5.74) is 1.98. The van der Waals surface area contributed by atoms with E-state index in [1.807, 2.05) is 22.9 Å². The summed E-state index contributed by atoms with van der Waals surface area (Å²) in [6.07, 6.45) is 3.11. The zero-order valence-corrected chi connectivity index (χ0v) is 13.1. The number of benzene rings is 1. The average Bonchev–Trinajstić information content (AvgIpc) is 2.97. The first-order valence-electron chi connectivity index (χ1n) is 7.80. The fraction of sp³-hybridized carbons (Fsp3) is 0.529. The third-order valence-corrected chi connectivity index (χ3v) is 4.17. The molecule has 0 bridgehead atoms. The van der Waals surface area contributed by atoms with E-state index in [9.17, 15) is 5.11 Å². The van der Waals surface area contributed by atoms with Gasteiger partial charge in [-0.1, -0.05) is 62.7 Å². The number of nitrogens with zero attached hydrogens (tertiary/aromatic N) is 3. The summed E-state index contributed by atoms with van der Waals surface area (Å²) in [7, 11) is 0. The highest BCUT2D eigenvalue weighted by Gasteiger charge is 2.29. The van der Waals surface area contributed by atoms with Gasteiger partial charge in [0, 0.05) is 12.5 Å². The number of aliphatic hydroxyl groups is 1. The van der Waals surface area contributed by atoms with Gasteiger partial charge in [0.2, 0.25) is 0 Å². The monoisotopic (exact) mass is 287 g/mol. The Morgan fingerprint density at radius 2 is 1.90 bits per heavy atom. The molecule has 1 N–H and O–H groups in total. The molecule has 0 aliphatic carbocycles. The lowest BCUT2D eigenvalue weighted by Crippen LogP contribution is -2.21. The van der Waals surface area contributed by atoms with Gasteiger partial charge in [-0.25, -0.2) is 4.68 Å². The van der Waals surface area contributed by atoms with E-state index in [0.717, 1.165) is 25.1 Å². The molecular formula is C17H25N3O. The SMILES string of the molecule is CCCn1nncc1C(O)C(c1ccccc1)C(C)CC. The van der Waals surface area contributed by atoms with Crippen molar-refractivity contribution >= 4 is 0 Å². The normalized spacial score (nSPS) is 15.6. The molecule has 4 heteroatoms. The molecule has 3 unspecified atom stereocenters. The molecule has 0 spiro atoms. The number of hydrogen-bond acceptors (Lipinski definition) is 3. The molecule has 4 nitrogen and oxygen atoms in total. The molecule has 0 amide bonds. The van der Waals surface area contributed by atoms with Gasteiger partial charge in [0.1, 0.15) is 6.10 Å². The molecule has 3 atom stereocenters. The van der Waals surface area contributed by atoms with E-state index < -0.39 is 6.10 Å². The zero-order chi connectivity index (χ0) is 15.2. The summed E-state index contributed by atoms with van der Waals surface area (Å²) < 4.78 is 1.82. The molecule has 0 fully saturated rings. The van der Waals surface area contributed by atoms with E-state index >= 15 is 0 Å². The third-order valence-electron chi connectivity index (χ3n) is 4.17. The summed E-state index contributed by atoms with van der Waals surface area (Å²) >= 11 is 0. The minimum atomic E-state index is -0.580. The van der Waals surface area contributed by atoms with Crippen molar-refractivity contribution in [2.24, 2.45) is 5.92 Å². The predicted molar refractivity (Wildman–Crippen MR) is 83.9 cm³/mol. The van der Waals surface area contributed by atoms with Crippen LogP contribution in [0.3, 0.4) is 0 Å². The van der Waals surface area contributed by atoms with Crippen LogP contribution in [0.15, 0.2) is 36.5 Å². The fourth-order valence-corrected chi connectivity index (χ4v) is 2.82.